The minimum Gasteiger partial charge on any atom is -0.281 e. The predicted molar refractivity (Wildman–Crippen MR) is 59.5 cm³/mol. The minimum absolute atomic E-state index is 0.206. The Kier molecular flexibility index (Phi) is 2.26. The molecule has 0 atom stereocenters. The van der Waals surface area contributed by atoms with E-state index >= 15 is 0 Å². The van der Waals surface area contributed by atoms with E-state index in [0.29, 0.717) is 5.82 Å². The molecule has 0 saturated heterocycles. The molecule has 4 heteroatoms. The normalized spacial score (nSPS) is 11.2. The SMILES string of the molecule is Cc1cccn2c(N=O)c(C(C)C)nc12. The second kappa shape index (κ2) is 3.46. The van der Waals surface area contributed by atoms with Gasteiger partial charge >= 0.3 is 0 Å². The lowest BCUT2D eigenvalue weighted by molar-refractivity contribution is 0.834. The lowest BCUT2D eigenvalue weighted by Crippen LogP contribution is -1.87. The fourth-order valence-corrected chi connectivity index (χ4v) is 1.69. The maximum absolute atomic E-state index is 10.8. The van der Waals surface area contributed by atoms with E-state index in [4.69, 9.17) is 0 Å². The summed E-state index contributed by atoms with van der Waals surface area (Å²) >= 11 is 0. The van der Waals surface area contributed by atoms with Crippen LogP contribution in [0.25, 0.3) is 5.65 Å². The Hall–Kier alpha value is -1.71. The lowest BCUT2D eigenvalue weighted by Gasteiger charge is -1.98. The van der Waals surface area contributed by atoms with E-state index in [1.165, 1.54) is 0 Å². The van der Waals surface area contributed by atoms with Crippen LogP contribution in [0, 0.1) is 11.8 Å². The second-order valence-electron chi connectivity index (χ2n) is 3.95. The Bertz CT molecular complexity index is 514. The Morgan fingerprint density at radius 3 is 2.80 bits per heavy atom. The molecule has 4 nitrogen and oxygen atoms in total. The Morgan fingerprint density at radius 2 is 2.20 bits per heavy atom. The van der Waals surface area contributed by atoms with Crippen LogP contribution in [-0.2, 0) is 0 Å². The number of hydrogen-bond donors (Lipinski definition) is 0. The van der Waals surface area contributed by atoms with Gasteiger partial charge in [-0.1, -0.05) is 19.9 Å². The van der Waals surface area contributed by atoms with Crippen LogP contribution >= 0.6 is 0 Å². The highest BCUT2D eigenvalue weighted by molar-refractivity contribution is 5.57. The average molecular weight is 203 g/mol. The van der Waals surface area contributed by atoms with Gasteiger partial charge in [0.05, 0.1) is 5.69 Å². The van der Waals surface area contributed by atoms with Gasteiger partial charge in [0.1, 0.15) is 5.65 Å². The van der Waals surface area contributed by atoms with E-state index < -0.39 is 0 Å². The number of imidazole rings is 1. The van der Waals surface area contributed by atoms with Crippen LogP contribution in [0.4, 0.5) is 5.82 Å². The number of fused-ring (bicyclic) bond motifs is 1. The molecule has 0 spiro atoms. The third-order valence-corrected chi connectivity index (χ3v) is 2.48. The van der Waals surface area contributed by atoms with Crippen LogP contribution in [-0.4, -0.2) is 9.38 Å². The topological polar surface area (TPSA) is 46.7 Å². The summed E-state index contributed by atoms with van der Waals surface area (Å²) in [7, 11) is 0. The summed E-state index contributed by atoms with van der Waals surface area (Å²) < 4.78 is 1.75. The number of aromatic nitrogens is 2. The molecule has 0 aliphatic rings. The van der Waals surface area contributed by atoms with Crippen LogP contribution in [0.15, 0.2) is 23.5 Å². The van der Waals surface area contributed by atoms with Crippen molar-refractivity contribution < 1.29 is 0 Å². The van der Waals surface area contributed by atoms with Crippen molar-refractivity contribution in [3.8, 4) is 0 Å². The number of rotatable bonds is 2. The Balaban J connectivity index is 2.84. The highest BCUT2D eigenvalue weighted by Gasteiger charge is 2.16. The number of nitrogens with zero attached hydrogens (tertiary/aromatic N) is 3. The van der Waals surface area contributed by atoms with Crippen molar-refractivity contribution in [2.45, 2.75) is 26.7 Å². The first-order valence-electron chi connectivity index (χ1n) is 4.96. The van der Waals surface area contributed by atoms with Crippen LogP contribution in [0.5, 0.6) is 0 Å². The third kappa shape index (κ3) is 1.42. The Morgan fingerprint density at radius 1 is 1.47 bits per heavy atom. The van der Waals surface area contributed by atoms with Crippen molar-refractivity contribution >= 4 is 11.5 Å². The molecule has 0 N–H and O–H groups in total. The van der Waals surface area contributed by atoms with E-state index in [2.05, 4.69) is 10.2 Å². The fraction of sp³-hybridized carbons (Fsp3) is 0.364. The van der Waals surface area contributed by atoms with E-state index in [1.807, 2.05) is 39.1 Å². The van der Waals surface area contributed by atoms with E-state index in [1.54, 1.807) is 4.40 Å². The van der Waals surface area contributed by atoms with Gasteiger partial charge in [-0.2, -0.15) is 0 Å². The second-order valence-corrected chi connectivity index (χ2v) is 3.95. The summed E-state index contributed by atoms with van der Waals surface area (Å²) in [5.74, 6) is 0.626. The summed E-state index contributed by atoms with van der Waals surface area (Å²) in [4.78, 5) is 15.3. The molecule has 0 aliphatic carbocycles. The fourth-order valence-electron chi connectivity index (χ4n) is 1.69. The third-order valence-electron chi connectivity index (χ3n) is 2.48. The molecule has 0 fully saturated rings. The summed E-state index contributed by atoms with van der Waals surface area (Å²) in [5.41, 5.74) is 2.63. The first kappa shape index (κ1) is 9.83. The maximum Gasteiger partial charge on any atom is 0.205 e. The highest BCUT2D eigenvalue weighted by atomic mass is 16.3. The van der Waals surface area contributed by atoms with Gasteiger partial charge in [0.15, 0.2) is 0 Å². The molecule has 0 aliphatic heterocycles. The first-order valence-corrected chi connectivity index (χ1v) is 4.96. The molecule has 78 valence electrons. The van der Waals surface area contributed by atoms with Gasteiger partial charge in [-0.3, -0.25) is 4.40 Å². The molecule has 0 saturated carbocycles. The molecular weight excluding hydrogens is 190 g/mol. The van der Waals surface area contributed by atoms with E-state index in [-0.39, 0.29) is 5.92 Å². The van der Waals surface area contributed by atoms with E-state index in [9.17, 15) is 4.91 Å². The molecule has 2 rings (SSSR count). The quantitative estimate of drug-likeness (QED) is 0.704. The molecule has 0 unspecified atom stereocenters. The van der Waals surface area contributed by atoms with Crippen molar-refractivity contribution in [1.29, 1.82) is 0 Å². The van der Waals surface area contributed by atoms with Crippen LogP contribution in [0.2, 0.25) is 0 Å². The minimum atomic E-state index is 0.206. The lowest BCUT2D eigenvalue weighted by atomic mass is 10.1. The molecule has 15 heavy (non-hydrogen) atoms. The number of aryl methyl sites for hydroxylation is 1. The van der Waals surface area contributed by atoms with Gasteiger partial charge in [-0.25, -0.2) is 4.98 Å². The van der Waals surface area contributed by atoms with Gasteiger partial charge in [0, 0.05) is 6.20 Å². The summed E-state index contributed by atoms with van der Waals surface area (Å²) in [5, 5.41) is 3.07. The van der Waals surface area contributed by atoms with Crippen molar-refractivity contribution in [3.05, 3.63) is 34.5 Å². The molecule has 2 aromatic rings. The largest absolute Gasteiger partial charge is 0.281 e. The van der Waals surface area contributed by atoms with Gasteiger partial charge in [-0.05, 0) is 29.6 Å². The molecule has 0 radical (unpaired) electrons. The number of hydrogen-bond acceptors (Lipinski definition) is 3. The highest BCUT2D eigenvalue weighted by Crippen LogP contribution is 2.28. The average Bonchev–Trinajstić information content (AvgIpc) is 2.57. The van der Waals surface area contributed by atoms with Gasteiger partial charge < -0.3 is 0 Å². The van der Waals surface area contributed by atoms with Crippen molar-refractivity contribution in [2.24, 2.45) is 5.18 Å². The van der Waals surface area contributed by atoms with Gasteiger partial charge in [0.25, 0.3) is 0 Å². The monoisotopic (exact) mass is 203 g/mol. The summed E-state index contributed by atoms with van der Waals surface area (Å²) in [6.07, 6.45) is 1.82. The smallest absolute Gasteiger partial charge is 0.205 e. The molecule has 2 heterocycles. The van der Waals surface area contributed by atoms with Gasteiger partial charge in [-0.15, -0.1) is 4.91 Å². The summed E-state index contributed by atoms with van der Waals surface area (Å²) in [6.45, 7) is 5.98. The molecule has 0 amide bonds. The Labute approximate surface area is 87.9 Å². The molecule has 0 aromatic carbocycles. The zero-order chi connectivity index (χ0) is 11.0. The van der Waals surface area contributed by atoms with Gasteiger partial charge in [0.2, 0.25) is 5.82 Å². The van der Waals surface area contributed by atoms with Crippen molar-refractivity contribution in [2.75, 3.05) is 0 Å². The number of nitroso groups, excluding NO2 is 1. The standard InChI is InChI=1S/C11H13N3O/c1-7(2)9-11(13-15)14-6-4-5-8(3)10(14)12-9/h4-7H,1-3H3. The first-order chi connectivity index (χ1) is 7.15. The predicted octanol–water partition coefficient (Wildman–Crippen LogP) is 3.16. The molecule has 2 aromatic heterocycles. The zero-order valence-corrected chi connectivity index (χ0v) is 9.06. The maximum atomic E-state index is 10.8. The summed E-state index contributed by atoms with van der Waals surface area (Å²) in [6, 6.07) is 3.86. The zero-order valence-electron chi connectivity index (χ0n) is 9.06. The molecular formula is C11H13N3O. The molecule has 0 bridgehead atoms. The van der Waals surface area contributed by atoms with Crippen LogP contribution in [0.3, 0.4) is 0 Å². The van der Waals surface area contributed by atoms with Crippen molar-refractivity contribution in [1.82, 2.24) is 9.38 Å². The number of pyridine rings is 1. The van der Waals surface area contributed by atoms with Crippen LogP contribution < -0.4 is 0 Å². The van der Waals surface area contributed by atoms with Crippen molar-refractivity contribution in [3.63, 3.8) is 0 Å². The van der Waals surface area contributed by atoms with Crippen LogP contribution in [0.1, 0.15) is 31.0 Å². The van der Waals surface area contributed by atoms with E-state index in [0.717, 1.165) is 16.9 Å².